The van der Waals surface area contributed by atoms with Gasteiger partial charge in [-0.15, -0.1) is 0 Å². The molecule has 3 aromatic rings. The SMILES string of the molecule is Cc1c(C(=O)Nc2cccc(S(=O)(=O)NC(C)(C)C)c2)cnn1-c1ccc(C(F)(F)F)cn1. The summed E-state index contributed by atoms with van der Waals surface area (Å²) < 4.78 is 67.1. The maximum absolute atomic E-state index is 12.8. The van der Waals surface area contributed by atoms with Gasteiger partial charge in [0.2, 0.25) is 10.0 Å². The van der Waals surface area contributed by atoms with Gasteiger partial charge in [-0.3, -0.25) is 4.79 Å². The van der Waals surface area contributed by atoms with Crippen molar-refractivity contribution in [3.05, 3.63) is 65.6 Å². The van der Waals surface area contributed by atoms with E-state index in [1.54, 1.807) is 27.7 Å². The van der Waals surface area contributed by atoms with E-state index in [4.69, 9.17) is 0 Å². The van der Waals surface area contributed by atoms with E-state index in [1.807, 2.05) is 0 Å². The Labute approximate surface area is 188 Å². The van der Waals surface area contributed by atoms with Crippen LogP contribution in [-0.2, 0) is 16.2 Å². The van der Waals surface area contributed by atoms with Crippen molar-refractivity contribution >= 4 is 21.6 Å². The summed E-state index contributed by atoms with van der Waals surface area (Å²) in [4.78, 5) is 16.5. The highest BCUT2D eigenvalue weighted by Crippen LogP contribution is 2.29. The molecular weight excluding hydrogens is 459 g/mol. The largest absolute Gasteiger partial charge is 0.417 e. The summed E-state index contributed by atoms with van der Waals surface area (Å²) in [5, 5.41) is 6.66. The van der Waals surface area contributed by atoms with Gasteiger partial charge in [-0.1, -0.05) is 6.07 Å². The lowest BCUT2D eigenvalue weighted by molar-refractivity contribution is -0.137. The van der Waals surface area contributed by atoms with Crippen LogP contribution < -0.4 is 10.0 Å². The number of hydrogen-bond acceptors (Lipinski definition) is 5. The van der Waals surface area contributed by atoms with Gasteiger partial charge in [0, 0.05) is 17.4 Å². The Morgan fingerprint density at radius 1 is 1.06 bits per heavy atom. The van der Waals surface area contributed by atoms with E-state index in [1.165, 1.54) is 35.1 Å². The molecule has 0 atom stereocenters. The first-order valence-electron chi connectivity index (χ1n) is 9.71. The summed E-state index contributed by atoms with van der Waals surface area (Å²) in [5.41, 5.74) is -0.840. The lowest BCUT2D eigenvalue weighted by atomic mass is 10.1. The number of carbonyl (C=O) groups is 1. The first-order chi connectivity index (χ1) is 15.2. The predicted octanol–water partition coefficient (Wildman–Crippen LogP) is 3.92. The van der Waals surface area contributed by atoms with Crippen molar-refractivity contribution in [1.82, 2.24) is 19.5 Å². The van der Waals surface area contributed by atoms with Crippen molar-refractivity contribution in [2.75, 3.05) is 5.32 Å². The maximum atomic E-state index is 12.8. The van der Waals surface area contributed by atoms with Crippen LogP contribution in [0.15, 0.2) is 53.7 Å². The monoisotopic (exact) mass is 481 g/mol. The van der Waals surface area contributed by atoms with Gasteiger partial charge in [-0.2, -0.15) is 18.3 Å². The zero-order valence-corrected chi connectivity index (χ0v) is 19.0. The average molecular weight is 482 g/mol. The number of carbonyl (C=O) groups excluding carboxylic acids is 1. The van der Waals surface area contributed by atoms with E-state index in [0.717, 1.165) is 12.1 Å². The Bertz CT molecular complexity index is 1280. The van der Waals surface area contributed by atoms with Crippen LogP contribution in [0.25, 0.3) is 5.82 Å². The van der Waals surface area contributed by atoms with E-state index < -0.39 is 33.2 Å². The molecule has 3 rings (SSSR count). The second kappa shape index (κ2) is 8.60. The van der Waals surface area contributed by atoms with E-state index in [9.17, 15) is 26.4 Å². The minimum absolute atomic E-state index is 0.0170. The zero-order valence-electron chi connectivity index (χ0n) is 18.2. The van der Waals surface area contributed by atoms with Crippen LogP contribution in [0.2, 0.25) is 0 Å². The minimum atomic E-state index is -4.51. The van der Waals surface area contributed by atoms with Crippen molar-refractivity contribution in [3.8, 4) is 5.82 Å². The third-order valence-corrected chi connectivity index (χ3v) is 6.15. The van der Waals surface area contributed by atoms with E-state index in [0.29, 0.717) is 11.9 Å². The maximum Gasteiger partial charge on any atom is 0.417 e. The third kappa shape index (κ3) is 5.76. The molecule has 0 fully saturated rings. The Kier molecular flexibility index (Phi) is 6.35. The van der Waals surface area contributed by atoms with E-state index >= 15 is 0 Å². The Hall–Kier alpha value is -3.25. The first kappa shape index (κ1) is 24.4. The predicted molar refractivity (Wildman–Crippen MR) is 116 cm³/mol. The molecule has 1 amide bonds. The number of alkyl halides is 3. The molecule has 0 spiro atoms. The molecule has 12 heteroatoms. The molecular formula is C21H22F3N5O3S. The smallest absolute Gasteiger partial charge is 0.322 e. The third-order valence-electron chi connectivity index (χ3n) is 4.39. The molecule has 2 heterocycles. The topological polar surface area (TPSA) is 106 Å². The van der Waals surface area contributed by atoms with Crippen LogP contribution in [0.3, 0.4) is 0 Å². The van der Waals surface area contributed by atoms with Crippen LogP contribution in [0.1, 0.15) is 42.4 Å². The first-order valence-corrected chi connectivity index (χ1v) is 11.2. The number of halogens is 3. The van der Waals surface area contributed by atoms with Crippen LogP contribution in [0.4, 0.5) is 18.9 Å². The van der Waals surface area contributed by atoms with Gasteiger partial charge in [0.05, 0.1) is 27.9 Å². The molecule has 0 unspecified atom stereocenters. The van der Waals surface area contributed by atoms with E-state index in [2.05, 4.69) is 20.1 Å². The van der Waals surface area contributed by atoms with Crippen molar-refractivity contribution in [2.45, 2.75) is 44.3 Å². The lowest BCUT2D eigenvalue weighted by Crippen LogP contribution is -2.40. The van der Waals surface area contributed by atoms with Gasteiger partial charge in [-0.25, -0.2) is 22.8 Å². The van der Waals surface area contributed by atoms with Crippen molar-refractivity contribution < 1.29 is 26.4 Å². The number of amides is 1. The van der Waals surface area contributed by atoms with Gasteiger partial charge < -0.3 is 5.32 Å². The van der Waals surface area contributed by atoms with Gasteiger partial charge in [0.15, 0.2) is 5.82 Å². The number of rotatable bonds is 5. The number of benzene rings is 1. The average Bonchev–Trinajstić information content (AvgIpc) is 3.07. The molecule has 8 nitrogen and oxygen atoms in total. The molecule has 176 valence electrons. The fourth-order valence-electron chi connectivity index (χ4n) is 2.94. The molecule has 0 saturated carbocycles. The summed E-state index contributed by atoms with van der Waals surface area (Å²) in [6, 6.07) is 7.79. The van der Waals surface area contributed by atoms with Crippen LogP contribution >= 0.6 is 0 Å². The molecule has 0 saturated heterocycles. The summed E-state index contributed by atoms with van der Waals surface area (Å²) in [7, 11) is -3.80. The lowest BCUT2D eigenvalue weighted by Gasteiger charge is -2.20. The number of sulfonamides is 1. The summed E-state index contributed by atoms with van der Waals surface area (Å²) >= 11 is 0. The Morgan fingerprint density at radius 2 is 1.76 bits per heavy atom. The molecule has 2 aromatic heterocycles. The number of hydrogen-bond donors (Lipinski definition) is 2. The molecule has 0 aliphatic carbocycles. The van der Waals surface area contributed by atoms with Crippen molar-refractivity contribution in [2.24, 2.45) is 0 Å². The van der Waals surface area contributed by atoms with Crippen LogP contribution in [0.5, 0.6) is 0 Å². The van der Waals surface area contributed by atoms with Crippen LogP contribution in [-0.4, -0.2) is 34.6 Å². The number of anilines is 1. The molecule has 0 radical (unpaired) electrons. The number of aromatic nitrogens is 3. The standard InChI is InChI=1S/C21H22F3N5O3S/c1-13-17(12-26-29(13)18-9-8-14(11-25-18)21(22,23)24)19(30)27-15-6-5-7-16(10-15)33(31,32)28-20(2,3)4/h5-12,28H,1-4H3,(H,27,30). The van der Waals surface area contributed by atoms with Crippen LogP contribution in [0, 0.1) is 6.92 Å². The second-order valence-corrected chi connectivity index (χ2v) is 9.98. The molecule has 1 aromatic carbocycles. The van der Waals surface area contributed by atoms with Crippen molar-refractivity contribution in [3.63, 3.8) is 0 Å². The number of pyridine rings is 1. The molecule has 0 bridgehead atoms. The quantitative estimate of drug-likeness (QED) is 0.575. The molecule has 0 aliphatic heterocycles. The Balaban J connectivity index is 1.82. The second-order valence-electron chi connectivity index (χ2n) is 8.30. The number of nitrogens with zero attached hydrogens (tertiary/aromatic N) is 3. The van der Waals surface area contributed by atoms with Gasteiger partial charge >= 0.3 is 6.18 Å². The zero-order chi connectivity index (χ0) is 24.6. The highest BCUT2D eigenvalue weighted by molar-refractivity contribution is 7.89. The highest BCUT2D eigenvalue weighted by atomic mass is 32.2. The fraction of sp³-hybridized carbons (Fsp3) is 0.286. The summed E-state index contributed by atoms with van der Waals surface area (Å²) in [6.07, 6.45) is -2.57. The molecule has 0 aliphatic rings. The molecule has 2 N–H and O–H groups in total. The van der Waals surface area contributed by atoms with E-state index in [-0.39, 0.29) is 22.0 Å². The minimum Gasteiger partial charge on any atom is -0.322 e. The Morgan fingerprint density at radius 3 is 2.33 bits per heavy atom. The normalized spacial score (nSPS) is 12.6. The van der Waals surface area contributed by atoms with Gasteiger partial charge in [0.25, 0.3) is 5.91 Å². The van der Waals surface area contributed by atoms with Crippen molar-refractivity contribution in [1.29, 1.82) is 0 Å². The highest BCUT2D eigenvalue weighted by Gasteiger charge is 2.31. The van der Waals surface area contributed by atoms with Gasteiger partial charge in [0.1, 0.15) is 0 Å². The summed E-state index contributed by atoms with van der Waals surface area (Å²) in [6.45, 7) is 6.70. The molecule has 33 heavy (non-hydrogen) atoms. The van der Waals surface area contributed by atoms with Gasteiger partial charge in [-0.05, 0) is 58.0 Å². The fourth-order valence-corrected chi connectivity index (χ4v) is 4.41. The summed E-state index contributed by atoms with van der Waals surface area (Å²) in [5.74, 6) is -0.454. The number of nitrogens with one attached hydrogen (secondary N) is 2.